The summed E-state index contributed by atoms with van der Waals surface area (Å²) in [7, 11) is 0. The molecule has 0 saturated carbocycles. The summed E-state index contributed by atoms with van der Waals surface area (Å²) in [6, 6.07) is 22.4. The van der Waals surface area contributed by atoms with Crippen molar-refractivity contribution < 1.29 is 14.5 Å². The first kappa shape index (κ1) is 27.1. The van der Waals surface area contributed by atoms with E-state index in [0.717, 1.165) is 22.0 Å². The van der Waals surface area contributed by atoms with Gasteiger partial charge in [-0.1, -0.05) is 83.5 Å². The minimum atomic E-state index is -0.796. The number of benzene rings is 3. The molecule has 7 nitrogen and oxygen atoms in total. The Bertz CT molecular complexity index is 1200. The Morgan fingerprint density at radius 2 is 1.67 bits per heavy atom. The number of hydrogen-bond donors (Lipinski definition) is 1. The van der Waals surface area contributed by atoms with Crippen molar-refractivity contribution in [1.29, 1.82) is 0 Å². The third-order valence-corrected chi connectivity index (χ3v) is 6.54. The Morgan fingerprint density at radius 1 is 1.00 bits per heavy atom. The Labute approximate surface area is 219 Å². The second-order valence-electron chi connectivity index (χ2n) is 8.74. The van der Waals surface area contributed by atoms with Crippen LogP contribution in [-0.4, -0.2) is 33.7 Å². The van der Waals surface area contributed by atoms with Gasteiger partial charge in [0.1, 0.15) is 6.04 Å². The van der Waals surface area contributed by atoms with Crippen LogP contribution in [0, 0.1) is 10.1 Å². The second-order valence-corrected chi connectivity index (χ2v) is 9.65. The van der Waals surface area contributed by atoms with Crippen LogP contribution in [0.1, 0.15) is 37.0 Å². The molecule has 2 atom stereocenters. The Balaban J connectivity index is 2.02. The number of nitro groups is 1. The van der Waals surface area contributed by atoms with Crippen LogP contribution in [0.3, 0.4) is 0 Å². The van der Waals surface area contributed by atoms with E-state index in [1.54, 1.807) is 23.1 Å². The number of amides is 2. The molecule has 2 amide bonds. The van der Waals surface area contributed by atoms with E-state index in [1.165, 1.54) is 6.07 Å². The summed E-state index contributed by atoms with van der Waals surface area (Å²) in [5.74, 6) is -0.608. The molecule has 188 valence electrons. The van der Waals surface area contributed by atoms with Gasteiger partial charge >= 0.3 is 0 Å². The van der Waals surface area contributed by atoms with Crippen LogP contribution in [0.4, 0.5) is 5.69 Å². The van der Waals surface area contributed by atoms with E-state index < -0.39 is 11.0 Å². The summed E-state index contributed by atoms with van der Waals surface area (Å²) in [4.78, 5) is 39.9. The molecule has 0 aromatic heterocycles. The van der Waals surface area contributed by atoms with Crippen LogP contribution in [0.2, 0.25) is 0 Å². The van der Waals surface area contributed by atoms with Gasteiger partial charge in [0.2, 0.25) is 11.8 Å². The molecule has 0 spiro atoms. The number of nitrogens with zero attached hydrogens (tertiary/aromatic N) is 2. The molecule has 3 rings (SSSR count). The van der Waals surface area contributed by atoms with E-state index in [2.05, 4.69) is 21.2 Å². The maximum absolute atomic E-state index is 13.8. The van der Waals surface area contributed by atoms with Crippen LogP contribution >= 0.6 is 15.9 Å². The summed E-state index contributed by atoms with van der Waals surface area (Å²) >= 11 is 3.47. The van der Waals surface area contributed by atoms with E-state index in [-0.39, 0.29) is 36.5 Å². The average Bonchev–Trinajstić information content (AvgIpc) is 2.86. The number of carbonyl (C=O) groups is 2. The van der Waals surface area contributed by atoms with Crippen molar-refractivity contribution in [3.05, 3.63) is 110 Å². The normalized spacial score (nSPS) is 12.4. The highest BCUT2D eigenvalue weighted by atomic mass is 79.9. The quantitative estimate of drug-likeness (QED) is 0.253. The van der Waals surface area contributed by atoms with Crippen LogP contribution in [0.5, 0.6) is 0 Å². The van der Waals surface area contributed by atoms with Crippen LogP contribution in [-0.2, 0) is 29.0 Å². The maximum atomic E-state index is 13.8. The molecule has 0 unspecified atom stereocenters. The highest BCUT2D eigenvalue weighted by molar-refractivity contribution is 9.10. The summed E-state index contributed by atoms with van der Waals surface area (Å²) in [5.41, 5.74) is 1.96. The molecule has 0 aliphatic carbocycles. The molecule has 0 aliphatic rings. The largest absolute Gasteiger partial charge is 0.352 e. The summed E-state index contributed by atoms with van der Waals surface area (Å²) in [5, 5.41) is 14.6. The first-order chi connectivity index (χ1) is 17.3. The fourth-order valence-corrected chi connectivity index (χ4v) is 4.38. The van der Waals surface area contributed by atoms with Crippen molar-refractivity contribution in [1.82, 2.24) is 10.2 Å². The minimum Gasteiger partial charge on any atom is -0.352 e. The predicted molar refractivity (Wildman–Crippen MR) is 143 cm³/mol. The minimum absolute atomic E-state index is 0.0613. The van der Waals surface area contributed by atoms with Gasteiger partial charge in [0.25, 0.3) is 5.69 Å². The van der Waals surface area contributed by atoms with Gasteiger partial charge in [-0.3, -0.25) is 19.7 Å². The highest BCUT2D eigenvalue weighted by Gasteiger charge is 2.32. The molecule has 3 aromatic rings. The zero-order chi connectivity index (χ0) is 26.1. The molecular formula is C28H30BrN3O4. The van der Waals surface area contributed by atoms with Crippen molar-refractivity contribution in [3.63, 3.8) is 0 Å². The SMILES string of the molecule is CC[C@H](C)NC(=O)[C@H](Cc1ccccc1)N(Cc1cccc(Br)c1)C(=O)Cc1ccccc1[N+](=O)[O-]. The smallest absolute Gasteiger partial charge is 0.273 e. The lowest BCUT2D eigenvalue weighted by molar-refractivity contribution is -0.385. The monoisotopic (exact) mass is 551 g/mol. The van der Waals surface area contributed by atoms with Crippen molar-refractivity contribution in [2.24, 2.45) is 0 Å². The molecule has 0 bridgehead atoms. The van der Waals surface area contributed by atoms with Crippen molar-refractivity contribution in [2.75, 3.05) is 0 Å². The fraction of sp³-hybridized carbons (Fsp3) is 0.286. The topological polar surface area (TPSA) is 92.6 Å². The van der Waals surface area contributed by atoms with Gasteiger partial charge < -0.3 is 10.2 Å². The number of nitrogens with one attached hydrogen (secondary N) is 1. The van der Waals surface area contributed by atoms with E-state index in [0.29, 0.717) is 12.0 Å². The molecule has 0 fully saturated rings. The summed E-state index contributed by atoms with van der Waals surface area (Å²) < 4.78 is 0.856. The Morgan fingerprint density at radius 3 is 2.33 bits per heavy atom. The first-order valence-electron chi connectivity index (χ1n) is 11.9. The number of para-hydroxylation sites is 1. The van der Waals surface area contributed by atoms with Gasteiger partial charge in [-0.05, 0) is 36.6 Å². The molecule has 0 heterocycles. The predicted octanol–water partition coefficient (Wildman–Crippen LogP) is 5.45. The molecule has 1 N–H and O–H groups in total. The van der Waals surface area contributed by atoms with Crippen LogP contribution < -0.4 is 5.32 Å². The van der Waals surface area contributed by atoms with Crippen molar-refractivity contribution in [3.8, 4) is 0 Å². The number of nitro benzene ring substituents is 1. The summed E-state index contributed by atoms with van der Waals surface area (Å²) in [6.07, 6.45) is 0.881. The molecule has 36 heavy (non-hydrogen) atoms. The zero-order valence-electron chi connectivity index (χ0n) is 20.4. The van der Waals surface area contributed by atoms with Crippen LogP contribution in [0.15, 0.2) is 83.3 Å². The summed E-state index contributed by atoms with van der Waals surface area (Å²) in [6.45, 7) is 4.09. The van der Waals surface area contributed by atoms with E-state index >= 15 is 0 Å². The second kappa shape index (κ2) is 13.0. The number of hydrogen-bond acceptors (Lipinski definition) is 4. The Kier molecular flexibility index (Phi) is 9.76. The van der Waals surface area contributed by atoms with Gasteiger partial charge in [0.05, 0.1) is 11.3 Å². The molecule has 3 aromatic carbocycles. The van der Waals surface area contributed by atoms with Crippen molar-refractivity contribution >= 4 is 33.4 Å². The maximum Gasteiger partial charge on any atom is 0.273 e. The van der Waals surface area contributed by atoms with E-state index in [9.17, 15) is 19.7 Å². The average molecular weight is 552 g/mol. The standard InChI is InChI=1S/C28H30BrN3O4/c1-3-20(2)30-28(34)26(17-21-10-5-4-6-11-21)31(19-22-12-9-14-24(29)16-22)27(33)18-23-13-7-8-15-25(23)32(35)36/h4-16,20,26H,3,17-19H2,1-2H3,(H,30,34)/t20-,26-/m0/s1. The van der Waals surface area contributed by atoms with E-state index in [4.69, 9.17) is 0 Å². The molecular weight excluding hydrogens is 522 g/mol. The van der Waals surface area contributed by atoms with Gasteiger partial charge in [0, 0.05) is 35.1 Å². The highest BCUT2D eigenvalue weighted by Crippen LogP contribution is 2.22. The third kappa shape index (κ3) is 7.49. The molecule has 0 aliphatic heterocycles. The lowest BCUT2D eigenvalue weighted by atomic mass is 10.0. The number of carbonyl (C=O) groups excluding carboxylic acids is 2. The lowest BCUT2D eigenvalue weighted by Crippen LogP contribution is -2.52. The van der Waals surface area contributed by atoms with Gasteiger partial charge in [-0.25, -0.2) is 0 Å². The van der Waals surface area contributed by atoms with Crippen molar-refractivity contribution in [2.45, 2.75) is 51.7 Å². The number of halogens is 1. The molecule has 0 radical (unpaired) electrons. The van der Waals surface area contributed by atoms with Gasteiger partial charge in [-0.2, -0.15) is 0 Å². The zero-order valence-corrected chi connectivity index (χ0v) is 22.0. The van der Waals surface area contributed by atoms with Gasteiger partial charge in [0.15, 0.2) is 0 Å². The molecule has 8 heteroatoms. The number of rotatable bonds is 11. The fourth-order valence-electron chi connectivity index (χ4n) is 3.93. The Hall–Kier alpha value is -3.52. The van der Waals surface area contributed by atoms with Crippen LogP contribution in [0.25, 0.3) is 0 Å². The lowest BCUT2D eigenvalue weighted by Gasteiger charge is -2.32. The third-order valence-electron chi connectivity index (χ3n) is 6.04. The van der Waals surface area contributed by atoms with E-state index in [1.807, 2.05) is 68.4 Å². The van der Waals surface area contributed by atoms with Gasteiger partial charge in [-0.15, -0.1) is 0 Å². The molecule has 0 saturated heterocycles. The first-order valence-corrected chi connectivity index (χ1v) is 12.7.